The minimum atomic E-state index is -0.150. The van der Waals surface area contributed by atoms with E-state index in [1.54, 1.807) is 6.92 Å². The van der Waals surface area contributed by atoms with E-state index in [-0.39, 0.29) is 10.8 Å². The highest BCUT2D eigenvalue weighted by Gasteiger charge is 2.12. The Balaban J connectivity index is 3.45. The highest BCUT2D eigenvalue weighted by Crippen LogP contribution is 2.13. The number of carbonyl (C=O) groups is 1. The summed E-state index contributed by atoms with van der Waals surface area (Å²) in [5.41, 5.74) is 0. The van der Waals surface area contributed by atoms with Gasteiger partial charge >= 0.3 is 5.97 Å². The van der Waals surface area contributed by atoms with Crippen molar-refractivity contribution in [1.82, 2.24) is 0 Å². The molecular formula is C7H12Br2O2. The Labute approximate surface area is 83.9 Å². The average molecular weight is 288 g/mol. The molecule has 0 saturated heterocycles. The van der Waals surface area contributed by atoms with E-state index in [2.05, 4.69) is 31.9 Å². The van der Waals surface area contributed by atoms with Crippen molar-refractivity contribution in [3.8, 4) is 0 Å². The Bertz CT molecular complexity index is 126. The van der Waals surface area contributed by atoms with Crippen LogP contribution in [0, 0.1) is 0 Å². The van der Waals surface area contributed by atoms with Crippen LogP contribution in [0.3, 0.4) is 0 Å². The van der Waals surface area contributed by atoms with Crippen molar-refractivity contribution in [1.29, 1.82) is 0 Å². The molecule has 2 unspecified atom stereocenters. The molecule has 66 valence electrons. The van der Waals surface area contributed by atoms with E-state index >= 15 is 0 Å². The summed E-state index contributed by atoms with van der Waals surface area (Å²) >= 11 is 6.75. The fourth-order valence-corrected chi connectivity index (χ4v) is 0.692. The van der Waals surface area contributed by atoms with Gasteiger partial charge in [-0.15, -0.1) is 0 Å². The fourth-order valence-electron chi connectivity index (χ4n) is 0.407. The van der Waals surface area contributed by atoms with Crippen molar-refractivity contribution in [2.75, 3.05) is 6.61 Å². The first kappa shape index (κ1) is 11.4. The minimum absolute atomic E-state index is 0.150. The largest absolute Gasteiger partial charge is 0.464 e. The van der Waals surface area contributed by atoms with Crippen LogP contribution in [0.4, 0.5) is 0 Å². The minimum Gasteiger partial charge on any atom is -0.464 e. The third-order valence-corrected chi connectivity index (χ3v) is 3.60. The average Bonchev–Trinajstić information content (AvgIpc) is 1.99. The molecule has 0 bridgehead atoms. The van der Waals surface area contributed by atoms with E-state index in [0.717, 1.165) is 0 Å². The zero-order chi connectivity index (χ0) is 8.85. The number of rotatable bonds is 4. The maximum atomic E-state index is 10.7. The molecule has 0 N–H and O–H groups in total. The Morgan fingerprint density at radius 1 is 1.55 bits per heavy atom. The first-order valence-electron chi connectivity index (χ1n) is 3.51. The van der Waals surface area contributed by atoms with Gasteiger partial charge in [-0.25, -0.2) is 0 Å². The van der Waals surface area contributed by atoms with Gasteiger partial charge in [0, 0.05) is 11.2 Å². The summed E-state index contributed by atoms with van der Waals surface area (Å²) in [6, 6.07) is 0. The second-order valence-corrected chi connectivity index (χ2v) is 4.85. The molecule has 0 radical (unpaired) electrons. The number of carbonyl (C=O) groups excluding carboxylic acids is 1. The van der Waals surface area contributed by atoms with Crippen LogP contribution in [0.1, 0.15) is 20.3 Å². The van der Waals surface area contributed by atoms with Crippen LogP contribution in [-0.2, 0) is 9.53 Å². The van der Waals surface area contributed by atoms with Crippen LogP contribution in [0.15, 0.2) is 0 Å². The summed E-state index contributed by atoms with van der Waals surface area (Å²) in [6.45, 7) is 4.21. The SMILES string of the molecule is CCC(=O)OCC(Br)C(C)Br. The van der Waals surface area contributed by atoms with Gasteiger partial charge in [0.1, 0.15) is 6.61 Å². The van der Waals surface area contributed by atoms with Crippen molar-refractivity contribution in [3.63, 3.8) is 0 Å². The van der Waals surface area contributed by atoms with Crippen LogP contribution in [0.25, 0.3) is 0 Å². The van der Waals surface area contributed by atoms with E-state index in [0.29, 0.717) is 17.9 Å². The Morgan fingerprint density at radius 2 is 2.09 bits per heavy atom. The molecule has 0 aliphatic carbocycles. The molecule has 0 spiro atoms. The smallest absolute Gasteiger partial charge is 0.305 e. The predicted octanol–water partition coefficient (Wildman–Crippen LogP) is 2.49. The van der Waals surface area contributed by atoms with Gasteiger partial charge in [0.2, 0.25) is 0 Å². The van der Waals surface area contributed by atoms with Crippen LogP contribution in [-0.4, -0.2) is 22.2 Å². The van der Waals surface area contributed by atoms with Gasteiger partial charge in [-0.05, 0) is 0 Å². The van der Waals surface area contributed by atoms with Gasteiger partial charge in [0.15, 0.2) is 0 Å². The number of ether oxygens (including phenoxy) is 1. The quantitative estimate of drug-likeness (QED) is 0.587. The van der Waals surface area contributed by atoms with Crippen LogP contribution in [0.5, 0.6) is 0 Å². The van der Waals surface area contributed by atoms with Crippen LogP contribution >= 0.6 is 31.9 Å². The first-order chi connectivity index (χ1) is 5.07. The molecule has 0 aliphatic rings. The van der Waals surface area contributed by atoms with E-state index in [4.69, 9.17) is 4.74 Å². The molecule has 0 amide bonds. The number of alkyl halides is 2. The predicted molar refractivity (Wildman–Crippen MR) is 52.4 cm³/mol. The third-order valence-electron chi connectivity index (χ3n) is 1.19. The molecule has 2 nitrogen and oxygen atoms in total. The molecule has 2 atom stereocenters. The van der Waals surface area contributed by atoms with Crippen molar-refractivity contribution >= 4 is 37.8 Å². The van der Waals surface area contributed by atoms with Crippen molar-refractivity contribution < 1.29 is 9.53 Å². The standard InChI is InChI=1S/C7H12Br2O2/c1-3-7(10)11-4-6(9)5(2)8/h5-6H,3-4H2,1-2H3. The lowest BCUT2D eigenvalue weighted by Crippen LogP contribution is -2.19. The summed E-state index contributed by atoms with van der Waals surface area (Å²) in [5.74, 6) is -0.150. The number of halogens is 2. The van der Waals surface area contributed by atoms with Gasteiger partial charge in [0.25, 0.3) is 0 Å². The lowest BCUT2D eigenvalue weighted by atomic mass is 10.3. The van der Waals surface area contributed by atoms with E-state index < -0.39 is 0 Å². The molecular weight excluding hydrogens is 276 g/mol. The van der Waals surface area contributed by atoms with Crippen LogP contribution < -0.4 is 0 Å². The van der Waals surface area contributed by atoms with E-state index in [1.807, 2.05) is 6.92 Å². The lowest BCUT2D eigenvalue weighted by molar-refractivity contribution is -0.143. The normalized spacial score (nSPS) is 15.6. The molecule has 0 aromatic rings. The molecule has 0 fully saturated rings. The number of hydrogen-bond acceptors (Lipinski definition) is 2. The summed E-state index contributed by atoms with van der Waals surface area (Å²) in [4.78, 5) is 11.2. The van der Waals surface area contributed by atoms with Gasteiger partial charge < -0.3 is 4.74 Å². The number of esters is 1. The summed E-state index contributed by atoms with van der Waals surface area (Å²) in [5, 5.41) is 0. The van der Waals surface area contributed by atoms with Crippen molar-refractivity contribution in [3.05, 3.63) is 0 Å². The molecule has 11 heavy (non-hydrogen) atoms. The van der Waals surface area contributed by atoms with Crippen LogP contribution in [0.2, 0.25) is 0 Å². The molecule has 0 rings (SSSR count). The summed E-state index contributed by atoms with van der Waals surface area (Å²) < 4.78 is 4.90. The summed E-state index contributed by atoms with van der Waals surface area (Å²) in [6.07, 6.45) is 0.441. The summed E-state index contributed by atoms with van der Waals surface area (Å²) in [7, 11) is 0. The zero-order valence-electron chi connectivity index (χ0n) is 6.64. The molecule has 0 heterocycles. The first-order valence-corrected chi connectivity index (χ1v) is 5.34. The highest BCUT2D eigenvalue weighted by molar-refractivity contribution is 9.12. The number of hydrogen-bond donors (Lipinski definition) is 0. The molecule has 0 aromatic carbocycles. The fraction of sp³-hybridized carbons (Fsp3) is 0.857. The molecule has 0 aromatic heterocycles. The molecule has 4 heteroatoms. The van der Waals surface area contributed by atoms with Gasteiger partial charge in [-0.1, -0.05) is 45.7 Å². The monoisotopic (exact) mass is 286 g/mol. The Hall–Kier alpha value is 0.430. The third kappa shape index (κ3) is 5.67. The maximum Gasteiger partial charge on any atom is 0.305 e. The Morgan fingerprint density at radius 3 is 2.45 bits per heavy atom. The van der Waals surface area contributed by atoms with Gasteiger partial charge in [0.05, 0.1) is 4.83 Å². The molecule has 0 aliphatic heterocycles. The topological polar surface area (TPSA) is 26.3 Å². The highest BCUT2D eigenvalue weighted by atomic mass is 79.9. The van der Waals surface area contributed by atoms with Gasteiger partial charge in [-0.3, -0.25) is 4.79 Å². The van der Waals surface area contributed by atoms with Crippen molar-refractivity contribution in [2.45, 2.75) is 29.9 Å². The Kier molecular flexibility index (Phi) is 6.24. The second-order valence-electron chi connectivity index (χ2n) is 2.23. The van der Waals surface area contributed by atoms with Crippen molar-refractivity contribution in [2.24, 2.45) is 0 Å². The van der Waals surface area contributed by atoms with E-state index in [9.17, 15) is 4.79 Å². The van der Waals surface area contributed by atoms with E-state index in [1.165, 1.54) is 0 Å². The maximum absolute atomic E-state index is 10.7. The molecule has 0 saturated carbocycles. The lowest BCUT2D eigenvalue weighted by Gasteiger charge is -2.11. The zero-order valence-corrected chi connectivity index (χ0v) is 9.81. The second kappa shape index (κ2) is 6.00. The van der Waals surface area contributed by atoms with Gasteiger partial charge in [-0.2, -0.15) is 0 Å².